The first kappa shape index (κ1) is 14.8. The zero-order valence-electron chi connectivity index (χ0n) is 12.5. The lowest BCUT2D eigenvalue weighted by molar-refractivity contribution is -0.149. The third kappa shape index (κ3) is 2.91. The highest BCUT2D eigenvalue weighted by atomic mass is 16.4. The van der Waals surface area contributed by atoms with Crippen LogP contribution < -0.4 is 0 Å². The lowest BCUT2D eigenvalue weighted by Gasteiger charge is -2.49. The van der Waals surface area contributed by atoms with Gasteiger partial charge in [0.2, 0.25) is 0 Å². The molecule has 3 saturated heterocycles. The van der Waals surface area contributed by atoms with Crippen LogP contribution in [0.5, 0.6) is 0 Å². The molecule has 0 amide bonds. The number of carbonyl (C=O) groups is 1. The van der Waals surface area contributed by atoms with Gasteiger partial charge in [-0.15, -0.1) is 4.91 Å². The second kappa shape index (κ2) is 6.30. The van der Waals surface area contributed by atoms with E-state index in [1.807, 2.05) is 0 Å². The Morgan fingerprint density at radius 2 is 1.76 bits per heavy atom. The minimum Gasteiger partial charge on any atom is -0.481 e. The van der Waals surface area contributed by atoms with E-state index in [0.717, 1.165) is 58.2 Å². The van der Waals surface area contributed by atoms with Crippen molar-refractivity contribution < 1.29 is 9.90 Å². The Morgan fingerprint density at radius 3 is 2.48 bits per heavy atom. The van der Waals surface area contributed by atoms with Crippen molar-refractivity contribution in [3.63, 3.8) is 0 Å². The highest BCUT2D eigenvalue weighted by Gasteiger charge is 2.44. The van der Waals surface area contributed by atoms with Crippen LogP contribution in [0.15, 0.2) is 5.29 Å². The minimum atomic E-state index is -0.668. The molecule has 0 aromatic rings. The van der Waals surface area contributed by atoms with Crippen LogP contribution in [0.25, 0.3) is 0 Å². The fraction of sp³-hybridized carbons (Fsp3) is 0.933. The first-order chi connectivity index (χ1) is 10.2. The van der Waals surface area contributed by atoms with Crippen LogP contribution in [0, 0.1) is 16.7 Å². The Labute approximate surface area is 125 Å². The van der Waals surface area contributed by atoms with Gasteiger partial charge in [-0.25, -0.2) is 0 Å². The molecule has 0 saturated carbocycles. The van der Waals surface area contributed by atoms with Gasteiger partial charge in [-0.2, -0.15) is 0 Å². The number of aliphatic carboxylic acids is 1. The number of carboxylic acids is 1. The summed E-state index contributed by atoms with van der Waals surface area (Å²) < 4.78 is 0. The fourth-order valence-corrected chi connectivity index (χ4v) is 4.62. The van der Waals surface area contributed by atoms with Gasteiger partial charge in [-0.05, 0) is 51.0 Å². The summed E-state index contributed by atoms with van der Waals surface area (Å²) in [6, 6.07) is 0.342. The molecule has 0 aliphatic carbocycles. The summed E-state index contributed by atoms with van der Waals surface area (Å²) in [5.74, 6) is -0.684. The van der Waals surface area contributed by atoms with E-state index in [-0.39, 0.29) is 23.9 Å². The molecule has 3 rings (SSSR count). The molecule has 0 radical (unpaired) electrons. The van der Waals surface area contributed by atoms with Gasteiger partial charge < -0.3 is 5.11 Å². The summed E-state index contributed by atoms with van der Waals surface area (Å²) in [7, 11) is 0. The summed E-state index contributed by atoms with van der Waals surface area (Å²) in [6.45, 7) is 2.67. The molecule has 6 nitrogen and oxygen atoms in total. The zero-order valence-corrected chi connectivity index (χ0v) is 12.5. The topological polar surface area (TPSA) is 73.2 Å². The third-order valence-electron chi connectivity index (χ3n) is 5.64. The van der Waals surface area contributed by atoms with Gasteiger partial charge >= 0.3 is 5.97 Å². The smallest absolute Gasteiger partial charge is 0.308 e. The molecule has 0 unspecified atom stereocenters. The zero-order chi connectivity index (χ0) is 14.8. The Morgan fingerprint density at radius 1 is 1.05 bits per heavy atom. The maximum Gasteiger partial charge on any atom is 0.308 e. The van der Waals surface area contributed by atoms with Crippen molar-refractivity contribution in [1.29, 1.82) is 0 Å². The predicted octanol–water partition coefficient (Wildman–Crippen LogP) is 2.10. The molecule has 0 aromatic carbocycles. The number of hydrogen-bond acceptors (Lipinski definition) is 4. The molecule has 6 heteroatoms. The molecular formula is C15H25N3O3. The molecule has 0 spiro atoms. The van der Waals surface area contributed by atoms with Crippen LogP contribution in [0.4, 0.5) is 0 Å². The van der Waals surface area contributed by atoms with Crippen molar-refractivity contribution in [3.8, 4) is 0 Å². The molecule has 3 aliphatic heterocycles. The maximum atomic E-state index is 11.7. The van der Waals surface area contributed by atoms with Gasteiger partial charge in [0, 0.05) is 19.1 Å². The fourth-order valence-electron chi connectivity index (χ4n) is 4.62. The number of carboxylic acid groups (broad SMARTS) is 1. The molecule has 3 heterocycles. The summed E-state index contributed by atoms with van der Waals surface area (Å²) >= 11 is 0. The molecule has 0 bridgehead atoms. The van der Waals surface area contributed by atoms with Crippen molar-refractivity contribution in [1.82, 2.24) is 9.91 Å². The lowest BCUT2D eigenvalue weighted by atomic mass is 9.75. The van der Waals surface area contributed by atoms with E-state index >= 15 is 0 Å². The van der Waals surface area contributed by atoms with E-state index in [0.29, 0.717) is 6.42 Å². The summed E-state index contributed by atoms with van der Waals surface area (Å²) in [5, 5.41) is 14.5. The molecule has 3 aliphatic rings. The average Bonchev–Trinajstić information content (AvgIpc) is 2.53. The summed E-state index contributed by atoms with van der Waals surface area (Å²) in [6.07, 6.45) is 7.12. The Bertz CT molecular complexity index is 404. The van der Waals surface area contributed by atoms with Crippen LogP contribution >= 0.6 is 0 Å². The lowest BCUT2D eigenvalue weighted by Crippen LogP contribution is -2.57. The van der Waals surface area contributed by atoms with E-state index in [9.17, 15) is 14.8 Å². The van der Waals surface area contributed by atoms with Crippen molar-refractivity contribution in [2.45, 2.75) is 57.0 Å². The van der Waals surface area contributed by atoms with Crippen molar-refractivity contribution >= 4 is 5.97 Å². The maximum absolute atomic E-state index is 11.7. The van der Waals surface area contributed by atoms with Crippen LogP contribution in [-0.2, 0) is 4.79 Å². The van der Waals surface area contributed by atoms with E-state index in [1.165, 1.54) is 0 Å². The van der Waals surface area contributed by atoms with Gasteiger partial charge in [-0.1, -0.05) is 6.42 Å². The molecule has 21 heavy (non-hydrogen) atoms. The van der Waals surface area contributed by atoms with Crippen LogP contribution in [0.3, 0.4) is 0 Å². The average molecular weight is 295 g/mol. The normalized spacial score (nSPS) is 37.8. The predicted molar refractivity (Wildman–Crippen MR) is 78.6 cm³/mol. The Kier molecular flexibility index (Phi) is 4.42. The van der Waals surface area contributed by atoms with E-state index in [4.69, 9.17) is 0 Å². The summed E-state index contributed by atoms with van der Waals surface area (Å²) in [4.78, 5) is 25.1. The molecule has 0 aromatic heterocycles. The number of hydrogen-bond donors (Lipinski definition) is 1. The van der Waals surface area contributed by atoms with Gasteiger partial charge in [0.15, 0.2) is 0 Å². The number of fused-ring (bicyclic) bond motifs is 1. The van der Waals surface area contributed by atoms with E-state index in [2.05, 4.69) is 10.2 Å². The van der Waals surface area contributed by atoms with E-state index in [1.54, 1.807) is 5.01 Å². The van der Waals surface area contributed by atoms with Crippen molar-refractivity contribution in [3.05, 3.63) is 4.91 Å². The number of nitroso groups, excluding NO2 is 1. The molecule has 3 fully saturated rings. The largest absolute Gasteiger partial charge is 0.481 e. The second-order valence-corrected chi connectivity index (χ2v) is 6.81. The third-order valence-corrected chi connectivity index (χ3v) is 5.64. The first-order valence-corrected chi connectivity index (χ1v) is 8.27. The van der Waals surface area contributed by atoms with E-state index < -0.39 is 5.97 Å². The minimum absolute atomic E-state index is 0.140. The molecule has 118 valence electrons. The first-order valence-electron chi connectivity index (χ1n) is 8.27. The van der Waals surface area contributed by atoms with Crippen LogP contribution in [0.2, 0.25) is 0 Å². The van der Waals surface area contributed by atoms with Crippen molar-refractivity contribution in [2.75, 3.05) is 19.6 Å². The Balaban J connectivity index is 1.76. The highest BCUT2D eigenvalue weighted by Crippen LogP contribution is 2.38. The molecular weight excluding hydrogens is 270 g/mol. The summed E-state index contributed by atoms with van der Waals surface area (Å²) in [5.41, 5.74) is 0. The van der Waals surface area contributed by atoms with Crippen LogP contribution in [0.1, 0.15) is 44.9 Å². The number of rotatable bonds is 3. The van der Waals surface area contributed by atoms with Gasteiger partial charge in [-0.3, -0.25) is 14.7 Å². The van der Waals surface area contributed by atoms with Crippen molar-refractivity contribution in [2.24, 2.45) is 17.1 Å². The van der Waals surface area contributed by atoms with Gasteiger partial charge in [0.25, 0.3) is 0 Å². The van der Waals surface area contributed by atoms with Gasteiger partial charge in [0.1, 0.15) is 0 Å². The SMILES string of the molecule is O=NN1CCCC[C@@H]1[C@@H]1C[C@@H](C(=O)O)[C@@H]2CCCCN2C1. The monoisotopic (exact) mass is 295 g/mol. The van der Waals surface area contributed by atoms with Gasteiger partial charge in [0.05, 0.1) is 17.2 Å². The molecule has 4 atom stereocenters. The quantitative estimate of drug-likeness (QED) is 0.807. The number of nitrogens with zero attached hydrogens (tertiary/aromatic N) is 3. The molecule has 1 N–H and O–H groups in total. The Hall–Kier alpha value is -1.17. The van der Waals surface area contributed by atoms with Crippen LogP contribution in [-0.4, -0.2) is 52.7 Å². The standard InChI is InChI=1S/C15H25N3O3/c19-15(20)12-9-11(10-17-7-3-1-6-14(12)17)13-5-2-4-8-18(13)16-21/h11-14H,1-10H2,(H,19,20)/t11-,12-,13-,14+/m1/s1. The number of piperidine rings is 3. The second-order valence-electron chi connectivity index (χ2n) is 6.81. The highest BCUT2D eigenvalue weighted by molar-refractivity contribution is 5.71.